The largest absolute Gasteiger partial charge is 0.379 e. The van der Waals surface area contributed by atoms with Crippen LogP contribution in [0.1, 0.15) is 19.8 Å². The summed E-state index contributed by atoms with van der Waals surface area (Å²) in [4.78, 5) is 9.60. The number of aliphatic imine (C=N–C) groups is 1. The molecule has 0 aromatic heterocycles. The maximum absolute atomic E-state index is 5.38. The summed E-state index contributed by atoms with van der Waals surface area (Å²) in [5.41, 5.74) is 0. The van der Waals surface area contributed by atoms with Gasteiger partial charge in [-0.05, 0) is 26.3 Å². The molecule has 7 nitrogen and oxygen atoms in total. The van der Waals surface area contributed by atoms with Crippen LogP contribution in [0.25, 0.3) is 0 Å². The van der Waals surface area contributed by atoms with Crippen LogP contribution < -0.4 is 10.6 Å². The second-order valence-electron chi connectivity index (χ2n) is 6.30. The minimum absolute atomic E-state index is 0. The van der Waals surface area contributed by atoms with Crippen LogP contribution in [-0.4, -0.2) is 101 Å². The molecular formula is C17H36IN5O2. The van der Waals surface area contributed by atoms with Crippen molar-refractivity contribution in [3.63, 3.8) is 0 Å². The number of morpholine rings is 2. The molecule has 0 atom stereocenters. The van der Waals surface area contributed by atoms with E-state index in [1.165, 1.54) is 13.0 Å². The molecule has 8 heteroatoms. The fraction of sp³-hybridized carbons (Fsp3) is 0.941. The van der Waals surface area contributed by atoms with E-state index in [0.717, 1.165) is 91.2 Å². The van der Waals surface area contributed by atoms with Crippen molar-refractivity contribution in [2.24, 2.45) is 4.99 Å². The molecule has 0 radical (unpaired) electrons. The van der Waals surface area contributed by atoms with Gasteiger partial charge < -0.3 is 20.1 Å². The van der Waals surface area contributed by atoms with Crippen LogP contribution in [0.15, 0.2) is 4.99 Å². The highest BCUT2D eigenvalue weighted by Gasteiger charge is 2.10. The van der Waals surface area contributed by atoms with Gasteiger partial charge in [-0.2, -0.15) is 0 Å². The Bertz CT molecular complexity index is 348. The van der Waals surface area contributed by atoms with Crippen LogP contribution in [-0.2, 0) is 9.47 Å². The summed E-state index contributed by atoms with van der Waals surface area (Å²) in [6.07, 6.45) is 2.34. The summed E-state index contributed by atoms with van der Waals surface area (Å²) in [7, 11) is 0. The number of ether oxygens (including phenoxy) is 2. The van der Waals surface area contributed by atoms with E-state index in [4.69, 9.17) is 9.47 Å². The molecule has 2 saturated heterocycles. The van der Waals surface area contributed by atoms with E-state index in [2.05, 4.69) is 32.3 Å². The average molecular weight is 469 g/mol. The van der Waals surface area contributed by atoms with Crippen molar-refractivity contribution in [2.45, 2.75) is 19.8 Å². The topological polar surface area (TPSA) is 61.4 Å². The van der Waals surface area contributed by atoms with E-state index in [0.29, 0.717) is 0 Å². The van der Waals surface area contributed by atoms with Crippen LogP contribution in [0.4, 0.5) is 0 Å². The molecule has 0 aromatic carbocycles. The molecule has 2 aliphatic rings. The Kier molecular flexibility index (Phi) is 13.7. The zero-order valence-corrected chi connectivity index (χ0v) is 18.0. The Labute approximate surface area is 169 Å². The maximum Gasteiger partial charge on any atom is 0.191 e. The van der Waals surface area contributed by atoms with Gasteiger partial charge in [-0.3, -0.25) is 14.8 Å². The summed E-state index contributed by atoms with van der Waals surface area (Å²) in [5, 5.41) is 6.77. The number of hydrogen-bond acceptors (Lipinski definition) is 5. The summed E-state index contributed by atoms with van der Waals surface area (Å²) in [5.74, 6) is 0.942. The third-order valence-electron chi connectivity index (χ3n) is 4.42. The molecule has 2 heterocycles. The fourth-order valence-electron chi connectivity index (χ4n) is 2.96. The molecule has 2 rings (SSSR count). The third kappa shape index (κ3) is 10.5. The first-order valence-electron chi connectivity index (χ1n) is 9.51. The fourth-order valence-corrected chi connectivity index (χ4v) is 2.96. The summed E-state index contributed by atoms with van der Waals surface area (Å²) < 4.78 is 10.8. The minimum Gasteiger partial charge on any atom is -0.379 e. The monoisotopic (exact) mass is 469 g/mol. The van der Waals surface area contributed by atoms with Gasteiger partial charge in [0.2, 0.25) is 0 Å². The van der Waals surface area contributed by atoms with Gasteiger partial charge in [0.1, 0.15) is 0 Å². The zero-order valence-electron chi connectivity index (χ0n) is 15.7. The standard InChI is InChI=1S/C17H35N5O2.HI/c1-2-18-17(20-6-8-22-11-15-24-16-12-22)19-5-3-4-7-21-9-13-23-14-10-21;/h2-16H2,1H3,(H2,18,19,20);1H. The Morgan fingerprint density at radius 3 is 2.08 bits per heavy atom. The van der Waals surface area contributed by atoms with Crippen LogP contribution in [0.2, 0.25) is 0 Å². The molecule has 0 saturated carbocycles. The van der Waals surface area contributed by atoms with Crippen LogP contribution >= 0.6 is 24.0 Å². The lowest BCUT2D eigenvalue weighted by molar-refractivity contribution is 0.0373. The van der Waals surface area contributed by atoms with E-state index in [1.807, 2.05) is 0 Å². The quantitative estimate of drug-likeness (QED) is 0.223. The number of halogens is 1. The number of rotatable bonds is 9. The average Bonchev–Trinajstić information content (AvgIpc) is 2.63. The molecule has 0 amide bonds. The zero-order chi connectivity index (χ0) is 16.9. The molecule has 148 valence electrons. The van der Waals surface area contributed by atoms with Crippen molar-refractivity contribution in [1.29, 1.82) is 0 Å². The molecular weight excluding hydrogens is 433 g/mol. The van der Waals surface area contributed by atoms with E-state index in [1.54, 1.807) is 0 Å². The number of guanidine groups is 1. The van der Waals surface area contributed by atoms with Crippen molar-refractivity contribution in [3.8, 4) is 0 Å². The highest BCUT2D eigenvalue weighted by atomic mass is 127. The Hall–Kier alpha value is -0.160. The van der Waals surface area contributed by atoms with Crippen LogP contribution in [0, 0.1) is 0 Å². The second kappa shape index (κ2) is 15.0. The van der Waals surface area contributed by atoms with Crippen molar-refractivity contribution in [3.05, 3.63) is 0 Å². The molecule has 2 N–H and O–H groups in total. The highest BCUT2D eigenvalue weighted by molar-refractivity contribution is 14.0. The van der Waals surface area contributed by atoms with Crippen molar-refractivity contribution < 1.29 is 9.47 Å². The SMILES string of the molecule is CCNC(=NCCCCN1CCOCC1)NCCN1CCOCC1.I. The summed E-state index contributed by atoms with van der Waals surface area (Å²) in [6.45, 7) is 14.8. The minimum atomic E-state index is 0. The molecule has 0 aliphatic carbocycles. The van der Waals surface area contributed by atoms with E-state index >= 15 is 0 Å². The lowest BCUT2D eigenvalue weighted by Gasteiger charge is -2.26. The Morgan fingerprint density at radius 1 is 0.880 bits per heavy atom. The predicted octanol–water partition coefficient (Wildman–Crippen LogP) is 0.604. The molecule has 0 unspecified atom stereocenters. The summed E-state index contributed by atoms with van der Waals surface area (Å²) >= 11 is 0. The van der Waals surface area contributed by atoms with Gasteiger partial charge in [0.25, 0.3) is 0 Å². The molecule has 25 heavy (non-hydrogen) atoms. The van der Waals surface area contributed by atoms with Gasteiger partial charge in [0.15, 0.2) is 5.96 Å². The predicted molar refractivity (Wildman–Crippen MR) is 113 cm³/mol. The van der Waals surface area contributed by atoms with Crippen LogP contribution in [0.5, 0.6) is 0 Å². The molecule has 2 fully saturated rings. The van der Waals surface area contributed by atoms with E-state index in [-0.39, 0.29) is 24.0 Å². The highest BCUT2D eigenvalue weighted by Crippen LogP contribution is 2.00. The van der Waals surface area contributed by atoms with Gasteiger partial charge in [0.05, 0.1) is 26.4 Å². The number of nitrogens with one attached hydrogen (secondary N) is 2. The first-order chi connectivity index (χ1) is 11.9. The number of nitrogens with zero attached hydrogens (tertiary/aromatic N) is 3. The van der Waals surface area contributed by atoms with Gasteiger partial charge in [-0.1, -0.05) is 0 Å². The number of unbranched alkanes of at least 4 members (excludes halogenated alkanes) is 1. The Balaban J connectivity index is 0.00000312. The lowest BCUT2D eigenvalue weighted by atomic mass is 10.3. The molecule has 0 spiro atoms. The first-order valence-corrected chi connectivity index (χ1v) is 9.51. The molecule has 0 bridgehead atoms. The van der Waals surface area contributed by atoms with Crippen molar-refractivity contribution >= 4 is 29.9 Å². The molecule has 2 aliphatic heterocycles. The van der Waals surface area contributed by atoms with Gasteiger partial charge in [0, 0.05) is 52.4 Å². The van der Waals surface area contributed by atoms with Crippen LogP contribution in [0.3, 0.4) is 0 Å². The van der Waals surface area contributed by atoms with Gasteiger partial charge in [-0.25, -0.2) is 0 Å². The van der Waals surface area contributed by atoms with E-state index < -0.39 is 0 Å². The maximum atomic E-state index is 5.38. The smallest absolute Gasteiger partial charge is 0.191 e. The van der Waals surface area contributed by atoms with Gasteiger partial charge >= 0.3 is 0 Å². The second-order valence-corrected chi connectivity index (χ2v) is 6.30. The van der Waals surface area contributed by atoms with Gasteiger partial charge in [-0.15, -0.1) is 24.0 Å². The van der Waals surface area contributed by atoms with Crippen molar-refractivity contribution in [1.82, 2.24) is 20.4 Å². The normalized spacial score (nSPS) is 20.1. The Morgan fingerprint density at radius 2 is 1.48 bits per heavy atom. The third-order valence-corrected chi connectivity index (χ3v) is 4.42. The molecule has 0 aromatic rings. The lowest BCUT2D eigenvalue weighted by Crippen LogP contribution is -2.44. The van der Waals surface area contributed by atoms with E-state index in [9.17, 15) is 0 Å². The first kappa shape index (κ1) is 22.9. The number of hydrogen-bond donors (Lipinski definition) is 2. The van der Waals surface area contributed by atoms with Crippen molar-refractivity contribution in [2.75, 3.05) is 85.3 Å². The summed E-state index contributed by atoms with van der Waals surface area (Å²) in [6, 6.07) is 0.